The SMILES string of the molecule is CCCC(C)(O)CNC(=O)c1ccc(C)cc1Br. The zero-order valence-corrected chi connectivity index (χ0v) is 12.7. The number of hydrogen-bond acceptors (Lipinski definition) is 2. The number of benzene rings is 1. The number of nitrogens with one attached hydrogen (secondary N) is 1. The molecule has 0 aliphatic carbocycles. The summed E-state index contributed by atoms with van der Waals surface area (Å²) in [5.74, 6) is -0.168. The molecule has 1 aromatic carbocycles. The standard InChI is InChI=1S/C14H20BrNO2/c1-4-7-14(3,18)9-16-13(17)11-6-5-10(2)8-12(11)15/h5-6,8,18H,4,7,9H2,1-3H3,(H,16,17). The highest BCUT2D eigenvalue weighted by Gasteiger charge is 2.20. The highest BCUT2D eigenvalue weighted by molar-refractivity contribution is 9.10. The van der Waals surface area contributed by atoms with Crippen LogP contribution in [0.1, 0.15) is 42.6 Å². The summed E-state index contributed by atoms with van der Waals surface area (Å²) in [7, 11) is 0. The summed E-state index contributed by atoms with van der Waals surface area (Å²) in [6.07, 6.45) is 1.56. The highest BCUT2D eigenvalue weighted by Crippen LogP contribution is 2.18. The lowest BCUT2D eigenvalue weighted by atomic mass is 10.0. The van der Waals surface area contributed by atoms with Gasteiger partial charge in [0.25, 0.3) is 5.91 Å². The summed E-state index contributed by atoms with van der Waals surface area (Å²) in [6.45, 7) is 5.98. The molecule has 0 saturated heterocycles. The van der Waals surface area contributed by atoms with Gasteiger partial charge >= 0.3 is 0 Å². The summed E-state index contributed by atoms with van der Waals surface area (Å²) < 4.78 is 0.773. The van der Waals surface area contributed by atoms with Crippen molar-refractivity contribution in [3.05, 3.63) is 33.8 Å². The fourth-order valence-corrected chi connectivity index (χ4v) is 2.47. The second-order valence-corrected chi connectivity index (χ2v) is 5.77. The van der Waals surface area contributed by atoms with Gasteiger partial charge in [-0.15, -0.1) is 0 Å². The lowest BCUT2D eigenvalue weighted by Gasteiger charge is -2.23. The first-order chi connectivity index (χ1) is 8.35. The Morgan fingerprint density at radius 1 is 1.50 bits per heavy atom. The number of aryl methyl sites for hydroxylation is 1. The molecule has 0 aliphatic rings. The van der Waals surface area contributed by atoms with Crippen LogP contribution in [0.25, 0.3) is 0 Å². The molecule has 1 atom stereocenters. The highest BCUT2D eigenvalue weighted by atomic mass is 79.9. The largest absolute Gasteiger partial charge is 0.388 e. The van der Waals surface area contributed by atoms with Gasteiger partial charge < -0.3 is 10.4 Å². The van der Waals surface area contributed by atoms with E-state index in [9.17, 15) is 9.90 Å². The predicted molar refractivity (Wildman–Crippen MR) is 76.7 cm³/mol. The van der Waals surface area contributed by atoms with Crippen LogP contribution in [0.3, 0.4) is 0 Å². The van der Waals surface area contributed by atoms with Crippen molar-refractivity contribution >= 4 is 21.8 Å². The molecule has 0 aliphatic heterocycles. The van der Waals surface area contributed by atoms with Gasteiger partial charge in [0.15, 0.2) is 0 Å². The average molecular weight is 314 g/mol. The lowest BCUT2D eigenvalue weighted by Crippen LogP contribution is -2.40. The van der Waals surface area contributed by atoms with Crippen molar-refractivity contribution in [3.63, 3.8) is 0 Å². The molecule has 1 unspecified atom stereocenters. The van der Waals surface area contributed by atoms with Gasteiger partial charge in [-0.2, -0.15) is 0 Å². The van der Waals surface area contributed by atoms with E-state index in [2.05, 4.69) is 21.2 Å². The molecule has 1 aromatic rings. The molecule has 2 N–H and O–H groups in total. The fourth-order valence-electron chi connectivity index (χ4n) is 1.80. The van der Waals surface area contributed by atoms with Crippen LogP contribution in [0.5, 0.6) is 0 Å². The minimum atomic E-state index is -0.846. The molecule has 0 saturated carbocycles. The molecule has 1 rings (SSSR count). The summed E-state index contributed by atoms with van der Waals surface area (Å²) in [5, 5.41) is 12.8. The molecule has 0 fully saturated rings. The van der Waals surface area contributed by atoms with Gasteiger partial charge in [0.2, 0.25) is 0 Å². The molecular formula is C14H20BrNO2. The Morgan fingerprint density at radius 2 is 2.17 bits per heavy atom. The van der Waals surface area contributed by atoms with Crippen molar-refractivity contribution in [2.24, 2.45) is 0 Å². The molecule has 0 bridgehead atoms. The maximum Gasteiger partial charge on any atom is 0.252 e. The summed E-state index contributed by atoms with van der Waals surface area (Å²) in [5.41, 5.74) is 0.839. The Labute approximate surface area is 117 Å². The second-order valence-electron chi connectivity index (χ2n) is 4.91. The molecule has 0 aromatic heterocycles. The van der Waals surface area contributed by atoms with Gasteiger partial charge in [-0.05, 0) is 53.9 Å². The van der Waals surface area contributed by atoms with Crippen molar-refractivity contribution < 1.29 is 9.90 Å². The number of amides is 1. The van der Waals surface area contributed by atoms with E-state index in [4.69, 9.17) is 0 Å². The molecule has 100 valence electrons. The first-order valence-electron chi connectivity index (χ1n) is 6.12. The topological polar surface area (TPSA) is 49.3 Å². The number of hydrogen-bond donors (Lipinski definition) is 2. The third-order valence-corrected chi connectivity index (χ3v) is 3.44. The molecule has 0 radical (unpaired) electrons. The molecule has 1 amide bonds. The van der Waals surface area contributed by atoms with Crippen LogP contribution in [-0.2, 0) is 0 Å². The monoisotopic (exact) mass is 313 g/mol. The van der Waals surface area contributed by atoms with Crippen molar-refractivity contribution in [1.29, 1.82) is 0 Å². The zero-order valence-electron chi connectivity index (χ0n) is 11.1. The van der Waals surface area contributed by atoms with Gasteiger partial charge in [-0.3, -0.25) is 4.79 Å². The van der Waals surface area contributed by atoms with Crippen LogP contribution >= 0.6 is 15.9 Å². The smallest absolute Gasteiger partial charge is 0.252 e. The predicted octanol–water partition coefficient (Wildman–Crippen LogP) is 3.04. The van der Waals surface area contributed by atoms with E-state index >= 15 is 0 Å². The van der Waals surface area contributed by atoms with Crippen LogP contribution < -0.4 is 5.32 Å². The van der Waals surface area contributed by atoms with E-state index in [1.54, 1.807) is 13.0 Å². The average Bonchev–Trinajstić information content (AvgIpc) is 2.26. The van der Waals surface area contributed by atoms with Crippen molar-refractivity contribution in [2.75, 3.05) is 6.54 Å². The van der Waals surface area contributed by atoms with Crippen LogP contribution in [0.15, 0.2) is 22.7 Å². The Balaban J connectivity index is 2.66. The van der Waals surface area contributed by atoms with Crippen molar-refractivity contribution in [1.82, 2.24) is 5.32 Å². The Kier molecular flexibility index (Phi) is 5.35. The van der Waals surface area contributed by atoms with Gasteiger partial charge in [-0.25, -0.2) is 0 Å². The normalized spacial score (nSPS) is 14.1. The van der Waals surface area contributed by atoms with Gasteiger partial charge in [-0.1, -0.05) is 19.4 Å². The van der Waals surface area contributed by atoms with Crippen LogP contribution in [0.4, 0.5) is 0 Å². The van der Waals surface area contributed by atoms with Crippen LogP contribution in [-0.4, -0.2) is 23.2 Å². The number of rotatable bonds is 5. The van der Waals surface area contributed by atoms with Gasteiger partial charge in [0, 0.05) is 11.0 Å². The molecule has 4 heteroatoms. The zero-order chi connectivity index (χ0) is 13.8. The third kappa shape index (κ3) is 4.42. The molecule has 0 heterocycles. The van der Waals surface area contributed by atoms with Crippen molar-refractivity contribution in [2.45, 2.75) is 39.2 Å². The number of carbonyl (C=O) groups is 1. The van der Waals surface area contributed by atoms with E-state index < -0.39 is 5.60 Å². The fraction of sp³-hybridized carbons (Fsp3) is 0.500. The minimum Gasteiger partial charge on any atom is -0.388 e. The van der Waals surface area contributed by atoms with Crippen molar-refractivity contribution in [3.8, 4) is 0 Å². The number of aliphatic hydroxyl groups is 1. The van der Waals surface area contributed by atoms with E-state index in [0.717, 1.165) is 16.5 Å². The second kappa shape index (κ2) is 6.34. The maximum atomic E-state index is 12.0. The van der Waals surface area contributed by atoms with Gasteiger partial charge in [0.1, 0.15) is 0 Å². The number of carbonyl (C=O) groups excluding carboxylic acids is 1. The summed E-state index contributed by atoms with van der Waals surface area (Å²) in [4.78, 5) is 12.0. The molecule has 0 spiro atoms. The first kappa shape index (κ1) is 15.2. The lowest BCUT2D eigenvalue weighted by molar-refractivity contribution is 0.0469. The quantitative estimate of drug-likeness (QED) is 0.877. The molecule has 18 heavy (non-hydrogen) atoms. The first-order valence-corrected chi connectivity index (χ1v) is 6.92. The van der Waals surface area contributed by atoms with E-state index in [-0.39, 0.29) is 12.5 Å². The van der Waals surface area contributed by atoms with Crippen LogP contribution in [0, 0.1) is 6.92 Å². The Hall–Kier alpha value is -0.870. The summed E-state index contributed by atoms with van der Waals surface area (Å²) in [6, 6.07) is 5.58. The maximum absolute atomic E-state index is 12.0. The Bertz CT molecular complexity index is 430. The van der Waals surface area contributed by atoms with E-state index in [0.29, 0.717) is 12.0 Å². The van der Waals surface area contributed by atoms with E-state index in [1.807, 2.05) is 26.0 Å². The minimum absolute atomic E-state index is 0.168. The third-order valence-electron chi connectivity index (χ3n) is 2.79. The van der Waals surface area contributed by atoms with Gasteiger partial charge in [0.05, 0.1) is 11.2 Å². The number of halogens is 1. The summed E-state index contributed by atoms with van der Waals surface area (Å²) >= 11 is 3.38. The van der Waals surface area contributed by atoms with E-state index in [1.165, 1.54) is 0 Å². The van der Waals surface area contributed by atoms with Crippen LogP contribution in [0.2, 0.25) is 0 Å². The molecular weight excluding hydrogens is 294 g/mol. The molecule has 3 nitrogen and oxygen atoms in total. The Morgan fingerprint density at radius 3 is 2.72 bits per heavy atom.